The number of aromatic hydroxyl groups is 1. The Bertz CT molecular complexity index is 1110. The van der Waals surface area contributed by atoms with Gasteiger partial charge in [0.1, 0.15) is 5.56 Å². The van der Waals surface area contributed by atoms with Crippen molar-refractivity contribution < 1.29 is 5.11 Å². The number of benzene rings is 1. The van der Waals surface area contributed by atoms with E-state index in [1.54, 1.807) is 4.57 Å². The molecule has 0 saturated carbocycles. The first-order chi connectivity index (χ1) is 13.6. The van der Waals surface area contributed by atoms with Crippen molar-refractivity contribution in [1.29, 1.82) is 0 Å². The summed E-state index contributed by atoms with van der Waals surface area (Å²) < 4.78 is 1.93. The van der Waals surface area contributed by atoms with Crippen LogP contribution in [0.25, 0.3) is 10.9 Å². The quantitative estimate of drug-likeness (QED) is 0.375. The summed E-state index contributed by atoms with van der Waals surface area (Å²) in [7, 11) is 0. The van der Waals surface area contributed by atoms with Crippen LogP contribution in [-0.4, -0.2) is 26.2 Å². The zero-order valence-electron chi connectivity index (χ0n) is 16.0. The first-order valence-corrected chi connectivity index (χ1v) is 10.4. The highest BCUT2D eigenvalue weighted by Gasteiger charge is 2.30. The normalized spacial score (nSPS) is 16.4. The highest BCUT2D eigenvalue weighted by atomic mass is 32.1. The predicted octanol–water partition coefficient (Wildman–Crippen LogP) is 3.91. The number of unbranched alkanes of at least 4 members (excludes halogenated alkanes) is 3. The number of aromatic amines is 2. The zero-order chi connectivity index (χ0) is 19.7. The number of para-hydroxylation sites is 1. The van der Waals surface area contributed by atoms with Crippen LogP contribution < -0.4 is 10.9 Å². The SMILES string of the molecule is CCCCCCn1c(O)c([C@@H]2NCCc3c2[nH]c2ccccc32)c(=O)[nH]c1=S. The Morgan fingerprint density at radius 1 is 1.21 bits per heavy atom. The molecule has 4 N–H and O–H groups in total. The highest BCUT2D eigenvalue weighted by Crippen LogP contribution is 2.35. The average molecular weight is 399 g/mol. The van der Waals surface area contributed by atoms with Crippen LogP contribution in [0.2, 0.25) is 0 Å². The van der Waals surface area contributed by atoms with Crippen molar-refractivity contribution in [3.8, 4) is 5.88 Å². The Balaban J connectivity index is 1.78. The molecule has 1 aromatic carbocycles. The number of fused-ring (bicyclic) bond motifs is 3. The van der Waals surface area contributed by atoms with Crippen LogP contribution in [0.15, 0.2) is 29.1 Å². The van der Waals surface area contributed by atoms with Gasteiger partial charge in [-0.15, -0.1) is 0 Å². The van der Waals surface area contributed by atoms with Crippen LogP contribution in [0, 0.1) is 4.77 Å². The van der Waals surface area contributed by atoms with E-state index in [9.17, 15) is 9.90 Å². The molecule has 0 radical (unpaired) electrons. The van der Waals surface area contributed by atoms with Gasteiger partial charge in [0.15, 0.2) is 4.77 Å². The van der Waals surface area contributed by atoms with Crippen LogP contribution in [0.3, 0.4) is 0 Å². The van der Waals surface area contributed by atoms with Gasteiger partial charge in [-0.2, -0.15) is 0 Å². The minimum absolute atomic E-state index is 0.0331. The summed E-state index contributed by atoms with van der Waals surface area (Å²) in [6.45, 7) is 3.50. The minimum Gasteiger partial charge on any atom is -0.494 e. The van der Waals surface area contributed by atoms with E-state index < -0.39 is 6.04 Å². The van der Waals surface area contributed by atoms with Crippen LogP contribution in [0.4, 0.5) is 0 Å². The fraction of sp³-hybridized carbons (Fsp3) is 0.429. The van der Waals surface area contributed by atoms with Gasteiger partial charge >= 0.3 is 0 Å². The molecule has 0 fully saturated rings. The lowest BCUT2D eigenvalue weighted by molar-refractivity contribution is 0.380. The molecule has 28 heavy (non-hydrogen) atoms. The molecule has 0 amide bonds. The summed E-state index contributed by atoms with van der Waals surface area (Å²) in [4.78, 5) is 19.0. The summed E-state index contributed by atoms with van der Waals surface area (Å²) in [5.74, 6) is -0.0331. The standard InChI is InChI=1S/C21H26N4O2S/c1-2-3-4-7-12-25-20(27)16(19(26)24-21(25)28)18-17-14(10-11-22-18)13-8-5-6-9-15(13)23-17/h5-6,8-9,18,22-23,27H,2-4,7,10-12H2,1H3,(H,24,26,28)/t18-/m0/s1. The Hall–Kier alpha value is -2.38. The first kappa shape index (κ1) is 19.0. The molecular formula is C21H26N4O2S. The van der Waals surface area contributed by atoms with E-state index in [0.717, 1.165) is 49.9 Å². The van der Waals surface area contributed by atoms with Gasteiger partial charge in [-0.3, -0.25) is 14.3 Å². The van der Waals surface area contributed by atoms with Gasteiger partial charge in [0.25, 0.3) is 5.56 Å². The van der Waals surface area contributed by atoms with Gasteiger partial charge < -0.3 is 15.4 Å². The number of hydrogen-bond donors (Lipinski definition) is 4. The van der Waals surface area contributed by atoms with Crippen LogP contribution in [0.1, 0.15) is 55.5 Å². The largest absolute Gasteiger partial charge is 0.494 e. The number of H-pyrrole nitrogens is 2. The lowest BCUT2D eigenvalue weighted by atomic mass is 9.95. The topological polar surface area (TPSA) is 85.8 Å². The lowest BCUT2D eigenvalue weighted by Crippen LogP contribution is -2.35. The van der Waals surface area contributed by atoms with Gasteiger partial charge in [0, 0.05) is 29.7 Å². The Kier molecular flexibility index (Phi) is 5.37. The Morgan fingerprint density at radius 2 is 2.04 bits per heavy atom. The molecule has 2 aromatic heterocycles. The van der Waals surface area contributed by atoms with Gasteiger partial charge in [0.2, 0.25) is 5.88 Å². The van der Waals surface area contributed by atoms with Crippen LogP contribution in [-0.2, 0) is 13.0 Å². The van der Waals surface area contributed by atoms with Crippen molar-refractivity contribution in [2.75, 3.05) is 6.54 Å². The third-order valence-corrected chi connectivity index (χ3v) is 5.91. The molecule has 3 aromatic rings. The fourth-order valence-electron chi connectivity index (χ4n) is 4.17. The molecule has 0 bridgehead atoms. The molecule has 0 aliphatic carbocycles. The molecule has 1 aliphatic rings. The molecule has 0 saturated heterocycles. The summed E-state index contributed by atoms with van der Waals surface area (Å²) in [6.07, 6.45) is 5.15. The summed E-state index contributed by atoms with van der Waals surface area (Å²) in [6, 6.07) is 7.76. The second kappa shape index (κ2) is 7.93. The molecule has 148 valence electrons. The van der Waals surface area contributed by atoms with Gasteiger partial charge in [-0.05, 0) is 36.7 Å². The maximum atomic E-state index is 12.8. The van der Waals surface area contributed by atoms with Crippen molar-refractivity contribution in [1.82, 2.24) is 19.9 Å². The van der Waals surface area contributed by atoms with E-state index in [1.807, 2.05) is 18.2 Å². The second-order valence-corrected chi connectivity index (χ2v) is 7.80. The van der Waals surface area contributed by atoms with E-state index in [4.69, 9.17) is 12.2 Å². The summed E-state index contributed by atoms with van der Waals surface area (Å²) >= 11 is 5.32. The van der Waals surface area contributed by atoms with Gasteiger partial charge in [-0.25, -0.2) is 0 Å². The molecule has 1 aliphatic heterocycles. The number of nitrogens with zero attached hydrogens (tertiary/aromatic N) is 1. The van der Waals surface area contributed by atoms with Crippen molar-refractivity contribution in [3.05, 3.63) is 56.2 Å². The molecule has 7 heteroatoms. The van der Waals surface area contributed by atoms with E-state index in [1.165, 1.54) is 10.9 Å². The van der Waals surface area contributed by atoms with E-state index in [-0.39, 0.29) is 16.2 Å². The monoisotopic (exact) mass is 398 g/mol. The van der Waals surface area contributed by atoms with E-state index >= 15 is 0 Å². The molecular weight excluding hydrogens is 372 g/mol. The fourth-order valence-corrected chi connectivity index (χ4v) is 4.44. The zero-order valence-corrected chi connectivity index (χ0v) is 16.9. The van der Waals surface area contributed by atoms with Crippen LogP contribution >= 0.6 is 12.2 Å². The molecule has 0 unspecified atom stereocenters. The maximum Gasteiger partial charge on any atom is 0.260 e. The Morgan fingerprint density at radius 3 is 2.86 bits per heavy atom. The summed E-state index contributed by atoms with van der Waals surface area (Å²) in [5, 5.41) is 15.6. The van der Waals surface area contributed by atoms with E-state index in [2.05, 4.69) is 28.3 Å². The molecule has 4 rings (SSSR count). The number of nitrogens with one attached hydrogen (secondary N) is 3. The average Bonchev–Trinajstić information content (AvgIpc) is 3.07. The smallest absolute Gasteiger partial charge is 0.260 e. The highest BCUT2D eigenvalue weighted by molar-refractivity contribution is 7.71. The number of rotatable bonds is 6. The first-order valence-electron chi connectivity index (χ1n) is 10.0. The van der Waals surface area contributed by atoms with Crippen molar-refractivity contribution in [3.63, 3.8) is 0 Å². The molecule has 3 heterocycles. The van der Waals surface area contributed by atoms with Crippen LogP contribution in [0.5, 0.6) is 5.88 Å². The second-order valence-electron chi connectivity index (χ2n) is 7.41. The lowest BCUT2D eigenvalue weighted by Gasteiger charge is -2.25. The third kappa shape index (κ3) is 3.29. The summed E-state index contributed by atoms with van der Waals surface area (Å²) in [5.41, 5.74) is 3.19. The third-order valence-electron chi connectivity index (χ3n) is 5.59. The van der Waals surface area contributed by atoms with Crippen molar-refractivity contribution >= 4 is 23.1 Å². The van der Waals surface area contributed by atoms with E-state index in [0.29, 0.717) is 12.1 Å². The van der Waals surface area contributed by atoms with Crippen molar-refractivity contribution in [2.45, 2.75) is 51.6 Å². The Labute approximate surface area is 168 Å². The van der Waals surface area contributed by atoms with Gasteiger partial charge in [0.05, 0.1) is 6.04 Å². The van der Waals surface area contributed by atoms with Gasteiger partial charge in [-0.1, -0.05) is 44.4 Å². The molecule has 6 nitrogen and oxygen atoms in total. The predicted molar refractivity (Wildman–Crippen MR) is 114 cm³/mol. The van der Waals surface area contributed by atoms with Crippen molar-refractivity contribution in [2.24, 2.45) is 0 Å². The maximum absolute atomic E-state index is 12.8. The molecule has 1 atom stereocenters. The number of hydrogen-bond acceptors (Lipinski definition) is 4. The molecule has 0 spiro atoms. The number of aromatic nitrogens is 3. The minimum atomic E-state index is -0.391.